The zero-order valence-corrected chi connectivity index (χ0v) is 14.2. The van der Waals surface area contributed by atoms with Crippen molar-refractivity contribution in [3.63, 3.8) is 0 Å². The van der Waals surface area contributed by atoms with Crippen LogP contribution < -0.4 is 0 Å². The van der Waals surface area contributed by atoms with E-state index in [1.165, 1.54) is 37.8 Å². The molecule has 24 heavy (non-hydrogen) atoms. The highest BCUT2D eigenvalue weighted by Gasteiger charge is 2.31. The van der Waals surface area contributed by atoms with E-state index in [0.717, 1.165) is 49.9 Å². The molecule has 0 aliphatic heterocycles. The van der Waals surface area contributed by atoms with Crippen LogP contribution in [0.15, 0.2) is 24.8 Å². The van der Waals surface area contributed by atoms with Crippen LogP contribution in [-0.4, -0.2) is 0 Å². The van der Waals surface area contributed by atoms with Gasteiger partial charge in [0, 0.05) is 0 Å². The lowest BCUT2D eigenvalue weighted by Gasteiger charge is -2.38. The summed E-state index contributed by atoms with van der Waals surface area (Å²) in [7, 11) is 0. The van der Waals surface area contributed by atoms with E-state index in [9.17, 15) is 13.2 Å². The first kappa shape index (κ1) is 17.6. The van der Waals surface area contributed by atoms with E-state index in [1.54, 1.807) is 0 Å². The Morgan fingerprint density at radius 1 is 0.833 bits per heavy atom. The van der Waals surface area contributed by atoms with Crippen LogP contribution in [0.5, 0.6) is 0 Å². The highest BCUT2D eigenvalue weighted by Crippen LogP contribution is 2.44. The lowest BCUT2D eigenvalue weighted by Crippen LogP contribution is -2.25. The molecule has 0 saturated heterocycles. The number of rotatable bonds is 4. The molecular formula is C21H27F3. The van der Waals surface area contributed by atoms with Crippen LogP contribution in [0.1, 0.15) is 69.3 Å². The van der Waals surface area contributed by atoms with Crippen molar-refractivity contribution in [2.45, 2.75) is 63.7 Å². The van der Waals surface area contributed by atoms with Crippen LogP contribution in [0.2, 0.25) is 0 Å². The first-order valence-electron chi connectivity index (χ1n) is 9.33. The van der Waals surface area contributed by atoms with Gasteiger partial charge in [-0.15, -0.1) is 6.58 Å². The molecule has 2 fully saturated rings. The van der Waals surface area contributed by atoms with E-state index in [-0.39, 0.29) is 5.92 Å². The smallest absolute Gasteiger partial charge is 0.194 e. The summed E-state index contributed by atoms with van der Waals surface area (Å²) < 4.78 is 40.0. The molecule has 0 aromatic heterocycles. The fourth-order valence-corrected chi connectivity index (χ4v) is 4.87. The fraction of sp³-hybridized carbons (Fsp3) is 0.619. The summed E-state index contributed by atoms with van der Waals surface area (Å²) in [5.74, 6) is -0.929. The maximum absolute atomic E-state index is 13.4. The third-order valence-electron chi connectivity index (χ3n) is 6.31. The summed E-state index contributed by atoms with van der Waals surface area (Å²) in [6.45, 7) is 3.84. The van der Waals surface area contributed by atoms with Gasteiger partial charge in [0.15, 0.2) is 17.5 Å². The Labute approximate surface area is 143 Å². The lowest BCUT2D eigenvalue weighted by atomic mass is 9.68. The molecule has 0 bridgehead atoms. The molecule has 1 aromatic carbocycles. The van der Waals surface area contributed by atoms with Crippen LogP contribution in [-0.2, 0) is 0 Å². The van der Waals surface area contributed by atoms with Crippen LogP contribution in [0.3, 0.4) is 0 Å². The normalized spacial score (nSPS) is 31.0. The second-order valence-corrected chi connectivity index (χ2v) is 7.72. The van der Waals surface area contributed by atoms with E-state index in [1.807, 2.05) is 6.08 Å². The number of benzene rings is 1. The van der Waals surface area contributed by atoms with Gasteiger partial charge in [-0.3, -0.25) is 0 Å². The van der Waals surface area contributed by atoms with Crippen molar-refractivity contribution < 1.29 is 13.2 Å². The van der Waals surface area contributed by atoms with Crippen molar-refractivity contribution in [3.8, 4) is 0 Å². The molecule has 1 aromatic rings. The summed E-state index contributed by atoms with van der Waals surface area (Å²) in [6, 6.07) is 2.37. The van der Waals surface area contributed by atoms with Gasteiger partial charge in [0.2, 0.25) is 0 Å². The Balaban J connectivity index is 1.54. The minimum absolute atomic E-state index is 0.169. The zero-order chi connectivity index (χ0) is 17.1. The van der Waals surface area contributed by atoms with Crippen molar-refractivity contribution in [2.24, 2.45) is 17.8 Å². The summed E-state index contributed by atoms with van der Waals surface area (Å²) >= 11 is 0. The molecule has 0 unspecified atom stereocenters. The summed E-state index contributed by atoms with van der Waals surface area (Å²) in [5.41, 5.74) is 0.625. The molecule has 0 spiro atoms. The molecule has 2 aliphatic rings. The molecule has 2 saturated carbocycles. The van der Waals surface area contributed by atoms with Crippen molar-refractivity contribution in [3.05, 3.63) is 47.8 Å². The minimum Gasteiger partial charge on any atom is -0.204 e. The Bertz CT molecular complexity index is 541. The first-order valence-corrected chi connectivity index (χ1v) is 9.33. The molecule has 0 heterocycles. The van der Waals surface area contributed by atoms with Crippen molar-refractivity contribution in [1.82, 2.24) is 0 Å². The average molecular weight is 336 g/mol. The molecule has 3 rings (SSSR count). The summed E-state index contributed by atoms with van der Waals surface area (Å²) in [5, 5.41) is 0. The predicted molar refractivity (Wildman–Crippen MR) is 91.3 cm³/mol. The molecule has 2 aliphatic carbocycles. The highest BCUT2D eigenvalue weighted by atomic mass is 19.2. The predicted octanol–water partition coefficient (Wildman–Crippen LogP) is 6.76. The van der Waals surface area contributed by atoms with Gasteiger partial charge in [0.25, 0.3) is 0 Å². The van der Waals surface area contributed by atoms with E-state index in [0.29, 0.717) is 5.56 Å². The topological polar surface area (TPSA) is 0 Å². The number of hydrogen-bond donors (Lipinski definition) is 0. The molecule has 0 radical (unpaired) electrons. The zero-order valence-electron chi connectivity index (χ0n) is 14.2. The van der Waals surface area contributed by atoms with Gasteiger partial charge in [-0.05, 0) is 99.2 Å². The van der Waals surface area contributed by atoms with E-state index in [4.69, 9.17) is 0 Å². The first-order chi connectivity index (χ1) is 11.6. The van der Waals surface area contributed by atoms with E-state index < -0.39 is 17.5 Å². The second kappa shape index (κ2) is 7.76. The van der Waals surface area contributed by atoms with Gasteiger partial charge in [0.1, 0.15) is 0 Å². The van der Waals surface area contributed by atoms with Crippen LogP contribution in [0.25, 0.3) is 0 Å². The minimum atomic E-state index is -1.36. The molecule has 0 N–H and O–H groups in total. The monoisotopic (exact) mass is 336 g/mol. The molecule has 132 valence electrons. The summed E-state index contributed by atoms with van der Waals surface area (Å²) in [4.78, 5) is 0. The average Bonchev–Trinajstić information content (AvgIpc) is 2.60. The van der Waals surface area contributed by atoms with Gasteiger partial charge < -0.3 is 0 Å². The molecule has 3 heteroatoms. The lowest BCUT2D eigenvalue weighted by molar-refractivity contribution is 0.160. The van der Waals surface area contributed by atoms with Crippen molar-refractivity contribution in [2.75, 3.05) is 0 Å². The van der Waals surface area contributed by atoms with Crippen molar-refractivity contribution >= 4 is 0 Å². The number of halogens is 3. The summed E-state index contributed by atoms with van der Waals surface area (Å²) in [6.07, 6.45) is 12.6. The van der Waals surface area contributed by atoms with E-state index >= 15 is 0 Å². The Hall–Kier alpha value is -1.25. The van der Waals surface area contributed by atoms with Gasteiger partial charge in [-0.25, -0.2) is 13.2 Å². The fourth-order valence-electron chi connectivity index (χ4n) is 4.87. The maximum atomic E-state index is 13.4. The molecule has 0 nitrogen and oxygen atoms in total. The Morgan fingerprint density at radius 3 is 1.83 bits per heavy atom. The van der Waals surface area contributed by atoms with E-state index in [2.05, 4.69) is 6.58 Å². The van der Waals surface area contributed by atoms with Gasteiger partial charge >= 0.3 is 0 Å². The molecular weight excluding hydrogens is 309 g/mol. The third kappa shape index (κ3) is 3.87. The number of hydrogen-bond acceptors (Lipinski definition) is 0. The molecule has 0 atom stereocenters. The third-order valence-corrected chi connectivity index (χ3v) is 6.31. The SMILES string of the molecule is C=CC[C@H]1CC[C@H]([C@H]2CC[C@H](c3cc(F)c(F)c(F)c3)CC2)CC1. The van der Waals surface area contributed by atoms with Crippen LogP contribution in [0.4, 0.5) is 13.2 Å². The second-order valence-electron chi connectivity index (χ2n) is 7.72. The quantitative estimate of drug-likeness (QED) is 0.421. The number of allylic oxidation sites excluding steroid dienone is 1. The standard InChI is InChI=1S/C21H27F3/c1-2-3-14-4-6-15(7-5-14)16-8-10-17(11-9-16)18-12-19(22)21(24)20(23)13-18/h2,12-17H,1,3-11H2/t14-,15-,16-,17-. The Kier molecular flexibility index (Phi) is 5.68. The Morgan fingerprint density at radius 2 is 1.33 bits per heavy atom. The van der Waals surface area contributed by atoms with Gasteiger partial charge in [-0.1, -0.05) is 6.08 Å². The largest absolute Gasteiger partial charge is 0.204 e. The highest BCUT2D eigenvalue weighted by molar-refractivity contribution is 5.23. The van der Waals surface area contributed by atoms with Crippen LogP contribution in [0, 0.1) is 35.2 Å². The van der Waals surface area contributed by atoms with Gasteiger partial charge in [-0.2, -0.15) is 0 Å². The maximum Gasteiger partial charge on any atom is 0.194 e. The van der Waals surface area contributed by atoms with Gasteiger partial charge in [0.05, 0.1) is 0 Å². The van der Waals surface area contributed by atoms with Crippen molar-refractivity contribution in [1.29, 1.82) is 0 Å². The van der Waals surface area contributed by atoms with Crippen LogP contribution >= 0.6 is 0 Å². The molecule has 0 amide bonds.